The summed E-state index contributed by atoms with van der Waals surface area (Å²) in [6.07, 6.45) is 50.2. The smallest absolute Gasteiger partial charge is 0.220 e. The van der Waals surface area contributed by atoms with Gasteiger partial charge in [-0.2, -0.15) is 0 Å². The molecule has 0 spiro atoms. The summed E-state index contributed by atoms with van der Waals surface area (Å²) in [5.41, 5.74) is 0. The van der Waals surface area contributed by atoms with Crippen LogP contribution in [-0.4, -0.2) is 193 Å². The van der Waals surface area contributed by atoms with Gasteiger partial charge in [-0.15, -0.1) is 0 Å². The van der Waals surface area contributed by atoms with Gasteiger partial charge in [0, 0.05) is 6.42 Å². The van der Waals surface area contributed by atoms with E-state index in [2.05, 4.69) is 43.5 Å². The van der Waals surface area contributed by atoms with Gasteiger partial charge in [0.15, 0.2) is 18.9 Å². The van der Waals surface area contributed by atoms with Crippen LogP contribution in [0.4, 0.5) is 0 Å². The molecule has 0 bridgehead atoms. The maximum absolute atomic E-state index is 13.5. The van der Waals surface area contributed by atoms with E-state index in [1.165, 1.54) is 263 Å². The van der Waals surface area contributed by atoms with E-state index in [4.69, 9.17) is 28.4 Å². The molecule has 3 heterocycles. The highest BCUT2D eigenvalue weighted by Gasteiger charge is 2.54. The molecule has 19 heteroatoms. The second kappa shape index (κ2) is 62.1. The monoisotopic (exact) mass is 1430 g/mol. The van der Waals surface area contributed by atoms with Crippen molar-refractivity contribution in [2.24, 2.45) is 0 Å². The van der Waals surface area contributed by atoms with Gasteiger partial charge in [0.05, 0.1) is 38.6 Å². The molecule has 3 fully saturated rings. The van der Waals surface area contributed by atoms with E-state index in [0.29, 0.717) is 6.42 Å². The fourth-order valence-corrected chi connectivity index (χ4v) is 14.1. The van der Waals surface area contributed by atoms with Gasteiger partial charge in [0.25, 0.3) is 0 Å². The molecule has 3 rings (SSSR count). The zero-order valence-electron chi connectivity index (χ0n) is 62.9. The first kappa shape index (κ1) is 92.2. The van der Waals surface area contributed by atoms with Crippen molar-refractivity contribution in [1.82, 2.24) is 5.32 Å². The summed E-state index contributed by atoms with van der Waals surface area (Å²) in [7, 11) is 0. The molecule has 0 aromatic heterocycles. The quantitative estimate of drug-likeness (QED) is 0.0199. The Morgan fingerprint density at radius 1 is 0.360 bits per heavy atom. The molecule has 19 nitrogen and oxygen atoms in total. The summed E-state index contributed by atoms with van der Waals surface area (Å²) >= 11 is 0. The minimum absolute atomic E-state index is 0.248. The van der Waals surface area contributed by atoms with Crippen LogP contribution in [-0.2, 0) is 33.2 Å². The van der Waals surface area contributed by atoms with Gasteiger partial charge in [0.2, 0.25) is 5.91 Å². The molecule has 3 saturated heterocycles. The van der Waals surface area contributed by atoms with Crippen molar-refractivity contribution in [3.8, 4) is 0 Å². The summed E-state index contributed by atoms with van der Waals surface area (Å²) in [5, 5.41) is 121. The Hall–Kier alpha value is -1.99. The molecule has 17 atom stereocenters. The van der Waals surface area contributed by atoms with E-state index in [9.17, 15) is 61.0 Å². The average Bonchev–Trinajstić information content (AvgIpc) is 0.784. The number of carbonyl (C=O) groups excluding carboxylic acids is 1. The number of nitrogens with one attached hydrogen (secondary N) is 1. The third-order valence-corrected chi connectivity index (χ3v) is 20.7. The molecule has 12 N–H and O–H groups in total. The third kappa shape index (κ3) is 41.8. The highest BCUT2D eigenvalue weighted by atomic mass is 16.8. The molecule has 3 aliphatic heterocycles. The topological polar surface area (TPSA) is 307 Å². The Bertz CT molecular complexity index is 1950. The first-order valence-corrected chi connectivity index (χ1v) is 41.2. The first-order chi connectivity index (χ1) is 48.8. The number of ether oxygens (including phenoxy) is 6. The number of rotatable bonds is 66. The maximum Gasteiger partial charge on any atom is 0.220 e. The normalized spacial score (nSPS) is 26.6. The SMILES string of the molecule is CCCCCCC/C=C\C/C=C\CCCCCCCCCCCCCCCCCCCCCCCCCCCCCC(=O)NC(COC1OC(CO)C(OC2OC(CO)C(OC3OC(CO)C(O)C(O)C3O)C(O)C2O)C(O)C1O)C(O)/C=C/CCCCCCCCCCCCCCCC. The van der Waals surface area contributed by atoms with Gasteiger partial charge < -0.3 is 89.9 Å². The molecule has 3 aliphatic rings. The van der Waals surface area contributed by atoms with E-state index in [1.54, 1.807) is 6.08 Å². The van der Waals surface area contributed by atoms with Gasteiger partial charge in [-0.25, -0.2) is 0 Å². The minimum Gasteiger partial charge on any atom is -0.394 e. The van der Waals surface area contributed by atoms with E-state index in [-0.39, 0.29) is 18.9 Å². The van der Waals surface area contributed by atoms with E-state index >= 15 is 0 Å². The molecular weight excluding hydrogens is 1270 g/mol. The van der Waals surface area contributed by atoms with Crippen molar-refractivity contribution in [3.63, 3.8) is 0 Å². The highest BCUT2D eigenvalue weighted by Crippen LogP contribution is 2.33. The number of aliphatic hydroxyl groups is 11. The van der Waals surface area contributed by atoms with Gasteiger partial charge >= 0.3 is 0 Å². The Morgan fingerprint density at radius 2 is 0.660 bits per heavy atom. The molecule has 1 amide bonds. The second-order valence-electron chi connectivity index (χ2n) is 29.6. The summed E-state index contributed by atoms with van der Waals surface area (Å²) in [4.78, 5) is 13.5. The van der Waals surface area contributed by atoms with Crippen LogP contribution in [0.5, 0.6) is 0 Å². The Labute approximate surface area is 606 Å². The van der Waals surface area contributed by atoms with E-state index in [0.717, 1.165) is 51.4 Å². The summed E-state index contributed by atoms with van der Waals surface area (Å²) < 4.78 is 34.4. The van der Waals surface area contributed by atoms with Gasteiger partial charge in [-0.3, -0.25) is 4.79 Å². The molecule has 588 valence electrons. The van der Waals surface area contributed by atoms with Crippen molar-refractivity contribution >= 4 is 5.91 Å². The van der Waals surface area contributed by atoms with Gasteiger partial charge in [-0.1, -0.05) is 320 Å². The maximum atomic E-state index is 13.5. The molecule has 0 aromatic carbocycles. The predicted octanol–water partition coefficient (Wildman–Crippen LogP) is 13.9. The zero-order chi connectivity index (χ0) is 72.5. The van der Waals surface area contributed by atoms with Crippen LogP contribution >= 0.6 is 0 Å². The lowest BCUT2D eigenvalue weighted by atomic mass is 9.96. The number of hydrogen-bond donors (Lipinski definition) is 12. The summed E-state index contributed by atoms with van der Waals surface area (Å²) in [5.74, 6) is -0.269. The van der Waals surface area contributed by atoms with Crippen LogP contribution in [0, 0.1) is 0 Å². The second-order valence-corrected chi connectivity index (χ2v) is 29.6. The molecule has 0 aromatic rings. The van der Waals surface area contributed by atoms with Crippen molar-refractivity contribution in [3.05, 3.63) is 36.5 Å². The van der Waals surface area contributed by atoms with Crippen molar-refractivity contribution < 1.29 is 89.4 Å². The number of carbonyl (C=O) groups is 1. The van der Waals surface area contributed by atoms with Crippen molar-refractivity contribution in [2.45, 2.75) is 446 Å². The van der Waals surface area contributed by atoms with Gasteiger partial charge in [0.1, 0.15) is 73.2 Å². The highest BCUT2D eigenvalue weighted by molar-refractivity contribution is 5.76. The van der Waals surface area contributed by atoms with Crippen LogP contribution in [0.3, 0.4) is 0 Å². The van der Waals surface area contributed by atoms with Crippen LogP contribution in [0.25, 0.3) is 0 Å². The number of amides is 1. The summed E-state index contributed by atoms with van der Waals surface area (Å²) in [6, 6.07) is -0.971. The van der Waals surface area contributed by atoms with Crippen LogP contribution in [0.2, 0.25) is 0 Å². The van der Waals surface area contributed by atoms with Crippen LogP contribution in [0.15, 0.2) is 36.5 Å². The number of allylic oxidation sites excluding steroid dienone is 5. The van der Waals surface area contributed by atoms with E-state index in [1.807, 2.05) is 6.08 Å². The summed E-state index contributed by atoms with van der Waals surface area (Å²) in [6.45, 7) is 1.76. The number of hydrogen-bond acceptors (Lipinski definition) is 18. The fourth-order valence-electron chi connectivity index (χ4n) is 14.1. The molecule has 17 unspecified atom stereocenters. The molecule has 100 heavy (non-hydrogen) atoms. The standard InChI is InChI=1S/C81H151NO18/c1-3-5-7-9-11-13-15-17-19-21-22-23-24-25-26-27-28-29-30-31-32-33-34-35-36-37-38-39-40-41-42-43-45-47-49-51-53-55-57-59-69(87)82-64(65(86)58-56-54-52-50-48-46-44-20-18-16-14-12-10-8-6-4-2)63-95-79-75(93)72(90)77(67(61-84)97-79)100-81-76(94)73(91)78(68(62-85)98-81)99-80-74(92)71(89)70(88)66(60-83)96-80/h15,17,21-22,56,58,64-68,70-81,83-86,88-94H,3-14,16,18-20,23-55,57,59-63H2,1-2H3,(H,82,87)/b17-15-,22-21-,58-56+. The predicted molar refractivity (Wildman–Crippen MR) is 397 cm³/mol. The first-order valence-electron chi connectivity index (χ1n) is 41.2. The van der Waals surface area contributed by atoms with Crippen LogP contribution in [0.1, 0.15) is 341 Å². The molecule has 0 saturated carbocycles. The van der Waals surface area contributed by atoms with Gasteiger partial charge in [-0.05, 0) is 51.4 Å². The zero-order valence-corrected chi connectivity index (χ0v) is 62.9. The van der Waals surface area contributed by atoms with E-state index < -0.39 is 124 Å². The Balaban J connectivity index is 1.29. The Morgan fingerprint density at radius 3 is 1.02 bits per heavy atom. The van der Waals surface area contributed by atoms with Crippen molar-refractivity contribution in [1.29, 1.82) is 0 Å². The molecular formula is C81H151NO18. The average molecular weight is 1430 g/mol. The fraction of sp³-hybridized carbons (Fsp3) is 0.914. The lowest BCUT2D eigenvalue weighted by molar-refractivity contribution is -0.379. The number of aliphatic hydroxyl groups excluding tert-OH is 11. The lowest BCUT2D eigenvalue weighted by Crippen LogP contribution is -2.66. The number of unbranched alkanes of at least 4 members (excludes halogenated alkanes) is 46. The van der Waals surface area contributed by atoms with Crippen molar-refractivity contribution in [2.75, 3.05) is 26.4 Å². The Kier molecular flexibility index (Phi) is 57.3. The largest absolute Gasteiger partial charge is 0.394 e. The molecule has 0 radical (unpaired) electrons. The third-order valence-electron chi connectivity index (χ3n) is 20.7. The lowest BCUT2D eigenvalue weighted by Gasteiger charge is -2.48. The minimum atomic E-state index is -1.98. The molecule has 0 aliphatic carbocycles. The van der Waals surface area contributed by atoms with Crippen LogP contribution < -0.4 is 5.32 Å².